The molecule has 298 valence electrons. The lowest BCUT2D eigenvalue weighted by Crippen LogP contribution is -2.34. The fraction of sp³-hybridized carbons (Fsp3) is 0.553. The minimum absolute atomic E-state index is 0.0705. The average Bonchev–Trinajstić information content (AvgIpc) is 3.59. The summed E-state index contributed by atoms with van der Waals surface area (Å²) in [7, 11) is -4.22. The Morgan fingerprint density at radius 2 is 1.78 bits per heavy atom. The summed E-state index contributed by atoms with van der Waals surface area (Å²) >= 11 is 0. The fourth-order valence-electron chi connectivity index (χ4n) is 7.23. The first-order valence-electron chi connectivity index (χ1n) is 18.6. The Kier molecular flexibility index (Phi) is 12.3. The molecular formula is C38H49F2N7O7S. The zero-order valence-corrected chi connectivity index (χ0v) is 32.7. The third-order valence-electron chi connectivity index (χ3n) is 10.5. The molecule has 4 aromatic heterocycles. The van der Waals surface area contributed by atoms with Crippen LogP contribution < -0.4 is 9.47 Å². The molecule has 1 fully saturated rings. The summed E-state index contributed by atoms with van der Waals surface area (Å²) in [5, 5.41) is 18.1. The van der Waals surface area contributed by atoms with Crippen LogP contribution in [0.25, 0.3) is 5.65 Å². The highest BCUT2D eigenvalue weighted by Crippen LogP contribution is 2.43. The molecule has 0 spiro atoms. The van der Waals surface area contributed by atoms with Crippen LogP contribution in [0.2, 0.25) is 0 Å². The summed E-state index contributed by atoms with van der Waals surface area (Å²) in [6, 6.07) is 4.85. The highest BCUT2D eigenvalue weighted by atomic mass is 32.2. The van der Waals surface area contributed by atoms with E-state index >= 15 is 0 Å². The van der Waals surface area contributed by atoms with Gasteiger partial charge in [-0.3, -0.25) is 19.1 Å². The molecule has 6 heterocycles. The molecule has 0 aliphatic carbocycles. The van der Waals surface area contributed by atoms with Crippen molar-refractivity contribution in [1.29, 1.82) is 0 Å². The number of ether oxygens (including phenoxy) is 3. The third-order valence-corrected chi connectivity index (χ3v) is 12.4. The zero-order chi connectivity index (χ0) is 39.5. The molecule has 55 heavy (non-hydrogen) atoms. The van der Waals surface area contributed by atoms with Crippen LogP contribution in [0.1, 0.15) is 91.2 Å². The van der Waals surface area contributed by atoms with E-state index in [0.717, 1.165) is 32.5 Å². The van der Waals surface area contributed by atoms with Crippen LogP contribution in [-0.2, 0) is 26.1 Å². The van der Waals surface area contributed by atoms with Crippen molar-refractivity contribution in [3.8, 4) is 11.8 Å². The number of aryl methyl sites for hydroxylation is 3. The van der Waals surface area contributed by atoms with E-state index in [9.17, 15) is 27.1 Å². The van der Waals surface area contributed by atoms with E-state index in [-0.39, 0.29) is 42.7 Å². The van der Waals surface area contributed by atoms with Gasteiger partial charge in [-0.2, -0.15) is 9.29 Å². The van der Waals surface area contributed by atoms with Crippen molar-refractivity contribution in [2.24, 2.45) is 5.41 Å². The van der Waals surface area contributed by atoms with Gasteiger partial charge in [0.25, 0.3) is 6.43 Å². The predicted molar refractivity (Wildman–Crippen MR) is 198 cm³/mol. The Morgan fingerprint density at radius 3 is 2.51 bits per heavy atom. The number of carbonyl (C=O) groups is 1. The van der Waals surface area contributed by atoms with Crippen molar-refractivity contribution in [1.82, 2.24) is 33.8 Å². The average molecular weight is 786 g/mol. The maximum Gasteiger partial charge on any atom is 0.310 e. The van der Waals surface area contributed by atoms with Crippen LogP contribution >= 0.6 is 0 Å². The maximum atomic E-state index is 14.6. The number of alkyl halides is 2. The molecule has 0 aromatic carbocycles. The number of pyridine rings is 3. The first-order valence-corrected chi connectivity index (χ1v) is 20.0. The lowest BCUT2D eigenvalue weighted by Gasteiger charge is -2.32. The molecule has 2 aliphatic heterocycles. The van der Waals surface area contributed by atoms with Gasteiger partial charge in [0.1, 0.15) is 18.1 Å². The summed E-state index contributed by atoms with van der Waals surface area (Å²) in [5.74, 6) is -2.29. The normalized spacial score (nSPS) is 18.0. The molecule has 1 N–H and O–H groups in total. The Balaban J connectivity index is 1.36. The van der Waals surface area contributed by atoms with E-state index in [1.807, 2.05) is 0 Å². The van der Waals surface area contributed by atoms with Gasteiger partial charge in [-0.1, -0.05) is 6.42 Å². The fourth-order valence-corrected chi connectivity index (χ4v) is 8.84. The first kappa shape index (κ1) is 40.3. The molecule has 0 amide bonds. The summed E-state index contributed by atoms with van der Waals surface area (Å²) in [6.45, 7) is 12.3. The van der Waals surface area contributed by atoms with Gasteiger partial charge in [-0.15, -0.1) is 10.2 Å². The molecule has 0 radical (unpaired) electrons. The topological polar surface area (TPSA) is 162 Å². The molecule has 17 heteroatoms. The van der Waals surface area contributed by atoms with Crippen molar-refractivity contribution < 1.29 is 41.3 Å². The van der Waals surface area contributed by atoms with Gasteiger partial charge in [0, 0.05) is 55.8 Å². The SMILES string of the molecule is Cc1cnc([C@H](c2ccn3c(C(F)F)nnc3c2C)C(C)(C)C(=O)O)cc1CN1CCCOCCOc2nc(OCCN3CCCCC3)c(C)cc2S1(=O)=O. The second kappa shape index (κ2) is 16.8. The van der Waals surface area contributed by atoms with E-state index in [4.69, 9.17) is 14.2 Å². The molecule has 1 atom stereocenters. The Labute approximate surface area is 319 Å². The lowest BCUT2D eigenvalue weighted by atomic mass is 9.71. The standard InChI is InChI=1S/C38H49F2N7O7S/c1-24-20-30-36(42-35(24)53-17-15-45-11-7-6-8-12-45)54-19-18-52-16-9-13-46(55(30,50)51)23-27-21-29(41-22-25(27)2)31(38(4,5)37(48)49)28-10-14-47-33(26(28)3)43-44-34(47)32(39)40/h10,14,20-22,31-32H,6-9,11-13,15-19,23H2,1-5H3,(H,48,49)/t31-/m0/s1. The molecule has 4 aromatic rings. The number of hydrogen-bond donors (Lipinski definition) is 1. The quantitative estimate of drug-likeness (QED) is 0.204. The smallest absolute Gasteiger partial charge is 0.310 e. The number of nitrogens with zero attached hydrogens (tertiary/aromatic N) is 7. The van der Waals surface area contributed by atoms with Gasteiger partial charge in [0.15, 0.2) is 5.65 Å². The number of sulfonamides is 1. The Hall–Kier alpha value is -4.32. The molecular weight excluding hydrogens is 737 g/mol. The van der Waals surface area contributed by atoms with Crippen LogP contribution in [0, 0.1) is 26.2 Å². The van der Waals surface area contributed by atoms with Crippen molar-refractivity contribution >= 4 is 21.6 Å². The predicted octanol–water partition coefficient (Wildman–Crippen LogP) is 5.48. The molecule has 2 aliphatic rings. The van der Waals surface area contributed by atoms with Crippen molar-refractivity contribution in [2.45, 2.75) is 84.1 Å². The number of fused-ring (bicyclic) bond motifs is 2. The van der Waals surface area contributed by atoms with Crippen LogP contribution in [0.5, 0.6) is 11.8 Å². The summed E-state index contributed by atoms with van der Waals surface area (Å²) in [5.41, 5.74) is 1.90. The second-order valence-corrected chi connectivity index (χ2v) is 16.7. The minimum atomic E-state index is -4.22. The first-order chi connectivity index (χ1) is 26.2. The molecule has 0 saturated carbocycles. The molecule has 0 unspecified atom stereocenters. The van der Waals surface area contributed by atoms with Crippen molar-refractivity contribution in [3.05, 3.63) is 69.9 Å². The van der Waals surface area contributed by atoms with Crippen LogP contribution in [0.4, 0.5) is 8.78 Å². The van der Waals surface area contributed by atoms with E-state index in [2.05, 4.69) is 25.1 Å². The highest BCUT2D eigenvalue weighted by Gasteiger charge is 2.41. The third kappa shape index (κ3) is 8.59. The van der Waals surface area contributed by atoms with Gasteiger partial charge in [0.05, 0.1) is 12.0 Å². The molecule has 6 rings (SSSR count). The molecule has 0 bridgehead atoms. The number of hydrogen-bond acceptors (Lipinski definition) is 11. The summed E-state index contributed by atoms with van der Waals surface area (Å²) in [4.78, 5) is 24.3. The van der Waals surface area contributed by atoms with Crippen molar-refractivity contribution in [2.75, 3.05) is 52.6 Å². The lowest BCUT2D eigenvalue weighted by molar-refractivity contribution is -0.147. The van der Waals surface area contributed by atoms with Gasteiger partial charge in [-0.25, -0.2) is 17.2 Å². The van der Waals surface area contributed by atoms with Crippen molar-refractivity contribution in [3.63, 3.8) is 0 Å². The van der Waals surface area contributed by atoms with E-state index in [1.54, 1.807) is 59.0 Å². The number of aliphatic carboxylic acids is 1. The van der Waals surface area contributed by atoms with Gasteiger partial charge in [-0.05, 0) is 107 Å². The number of likely N-dealkylation sites (tertiary alicyclic amines) is 1. The van der Waals surface area contributed by atoms with E-state index in [1.165, 1.54) is 21.3 Å². The number of halogens is 2. The van der Waals surface area contributed by atoms with Crippen LogP contribution in [0.3, 0.4) is 0 Å². The van der Waals surface area contributed by atoms with Gasteiger partial charge >= 0.3 is 5.97 Å². The highest BCUT2D eigenvalue weighted by molar-refractivity contribution is 7.89. The molecule has 14 nitrogen and oxygen atoms in total. The maximum absolute atomic E-state index is 14.6. The molecule has 1 saturated heterocycles. The monoisotopic (exact) mass is 785 g/mol. The number of carboxylic acids is 1. The minimum Gasteiger partial charge on any atom is -0.481 e. The Bertz CT molecular complexity index is 2120. The number of carboxylic acid groups (broad SMARTS) is 1. The largest absolute Gasteiger partial charge is 0.481 e. The van der Waals surface area contributed by atoms with Gasteiger partial charge in [0.2, 0.25) is 27.6 Å². The summed E-state index contributed by atoms with van der Waals surface area (Å²) in [6.07, 6.45) is 4.09. The summed E-state index contributed by atoms with van der Waals surface area (Å²) < 4.78 is 76.8. The zero-order valence-electron chi connectivity index (χ0n) is 31.9. The van der Waals surface area contributed by atoms with Gasteiger partial charge < -0.3 is 19.3 Å². The Morgan fingerprint density at radius 1 is 1.02 bits per heavy atom. The van der Waals surface area contributed by atoms with E-state index in [0.29, 0.717) is 59.0 Å². The number of rotatable bonds is 11. The van der Waals surface area contributed by atoms with Crippen LogP contribution in [-0.4, -0.2) is 106 Å². The number of aromatic nitrogens is 5. The number of piperidine rings is 1. The van der Waals surface area contributed by atoms with Crippen LogP contribution in [0.15, 0.2) is 35.5 Å². The second-order valence-electron chi connectivity index (χ2n) is 14.8. The van der Waals surface area contributed by atoms with E-state index < -0.39 is 39.6 Å².